The summed E-state index contributed by atoms with van der Waals surface area (Å²) in [7, 11) is -3.60. The third-order valence-electron chi connectivity index (χ3n) is 3.18. The van der Waals surface area contributed by atoms with E-state index >= 15 is 0 Å². The fraction of sp³-hybridized carbons (Fsp3) is 0.333. The normalized spacial score (nSPS) is 13.5. The molecule has 0 spiro atoms. The molecule has 0 radical (unpaired) electrons. The summed E-state index contributed by atoms with van der Waals surface area (Å²) in [5, 5.41) is 1.95. The topological polar surface area (TPSA) is 72.2 Å². The molecule has 1 heterocycles. The number of hydrogen-bond donors (Lipinski definition) is 2. The Kier molecular flexibility index (Phi) is 4.70. The first-order chi connectivity index (χ1) is 9.79. The highest BCUT2D eigenvalue weighted by atomic mass is 32.2. The molecule has 4 nitrogen and oxygen atoms in total. The van der Waals surface area contributed by atoms with Crippen LogP contribution in [0.4, 0.5) is 5.69 Å². The molecule has 1 aromatic heterocycles. The van der Waals surface area contributed by atoms with Crippen LogP contribution in [0.25, 0.3) is 0 Å². The highest BCUT2D eigenvalue weighted by Crippen LogP contribution is 2.28. The number of nitrogens with one attached hydrogen (secondary N) is 1. The predicted octanol–water partition coefficient (Wildman–Crippen LogP) is 3.31. The molecule has 21 heavy (non-hydrogen) atoms. The Hall–Kier alpha value is -1.37. The average molecular weight is 324 g/mol. The Morgan fingerprint density at radius 1 is 1.24 bits per heavy atom. The van der Waals surface area contributed by atoms with Crippen LogP contribution in [0, 0.1) is 12.8 Å². The van der Waals surface area contributed by atoms with Gasteiger partial charge in [-0.3, -0.25) is 0 Å². The lowest BCUT2D eigenvalue weighted by Crippen LogP contribution is -2.31. The number of anilines is 1. The van der Waals surface area contributed by atoms with Gasteiger partial charge in [-0.05, 0) is 48.1 Å². The average Bonchev–Trinajstić information content (AvgIpc) is 2.88. The van der Waals surface area contributed by atoms with E-state index in [4.69, 9.17) is 5.73 Å². The summed E-state index contributed by atoms with van der Waals surface area (Å²) < 4.78 is 28.0. The summed E-state index contributed by atoms with van der Waals surface area (Å²) in [5.74, 6) is 0.153. The number of nitrogen functional groups attached to an aromatic ring is 1. The zero-order valence-corrected chi connectivity index (χ0v) is 14.0. The van der Waals surface area contributed by atoms with Gasteiger partial charge in [-0.1, -0.05) is 19.9 Å². The molecule has 0 saturated carbocycles. The maximum atomic E-state index is 12.6. The molecule has 3 N–H and O–H groups in total. The lowest BCUT2D eigenvalue weighted by molar-refractivity contribution is 0.469. The van der Waals surface area contributed by atoms with Gasteiger partial charge >= 0.3 is 0 Å². The summed E-state index contributed by atoms with van der Waals surface area (Å²) in [5.41, 5.74) is 7.03. The second-order valence-electron chi connectivity index (χ2n) is 5.44. The van der Waals surface area contributed by atoms with E-state index in [9.17, 15) is 8.42 Å². The zero-order chi connectivity index (χ0) is 15.6. The van der Waals surface area contributed by atoms with Crippen molar-refractivity contribution in [1.82, 2.24) is 4.72 Å². The first kappa shape index (κ1) is 16.0. The molecule has 114 valence electrons. The molecule has 0 aliphatic heterocycles. The highest BCUT2D eigenvalue weighted by Gasteiger charge is 2.24. The van der Waals surface area contributed by atoms with E-state index in [1.165, 1.54) is 6.07 Å². The maximum Gasteiger partial charge on any atom is 0.241 e. The fourth-order valence-corrected chi connectivity index (χ4v) is 4.68. The minimum Gasteiger partial charge on any atom is -0.399 e. The Morgan fingerprint density at radius 2 is 1.95 bits per heavy atom. The van der Waals surface area contributed by atoms with Crippen LogP contribution in [-0.4, -0.2) is 8.42 Å². The van der Waals surface area contributed by atoms with Crippen molar-refractivity contribution in [2.45, 2.75) is 31.7 Å². The van der Waals surface area contributed by atoms with Crippen LogP contribution in [0.15, 0.2) is 40.6 Å². The van der Waals surface area contributed by atoms with Crippen LogP contribution >= 0.6 is 11.3 Å². The van der Waals surface area contributed by atoms with Crippen molar-refractivity contribution in [2.24, 2.45) is 5.92 Å². The molecular formula is C15H20N2O2S2. The van der Waals surface area contributed by atoms with Crippen molar-refractivity contribution in [2.75, 3.05) is 5.73 Å². The van der Waals surface area contributed by atoms with Crippen LogP contribution in [0.5, 0.6) is 0 Å². The smallest absolute Gasteiger partial charge is 0.241 e. The van der Waals surface area contributed by atoms with Crippen molar-refractivity contribution in [3.8, 4) is 0 Å². The molecule has 1 aromatic carbocycles. The van der Waals surface area contributed by atoms with Gasteiger partial charge in [0.15, 0.2) is 0 Å². The second-order valence-corrected chi connectivity index (χ2v) is 8.13. The monoisotopic (exact) mass is 324 g/mol. The minimum absolute atomic E-state index is 0.153. The quantitative estimate of drug-likeness (QED) is 0.829. The third-order valence-corrected chi connectivity index (χ3v) is 5.56. The van der Waals surface area contributed by atoms with Crippen LogP contribution in [0.2, 0.25) is 0 Å². The lowest BCUT2D eigenvalue weighted by Gasteiger charge is -2.21. The van der Waals surface area contributed by atoms with Crippen LogP contribution < -0.4 is 10.5 Å². The zero-order valence-electron chi connectivity index (χ0n) is 12.3. The summed E-state index contributed by atoms with van der Waals surface area (Å²) in [6, 6.07) is 8.50. The van der Waals surface area contributed by atoms with E-state index in [2.05, 4.69) is 4.72 Å². The summed E-state index contributed by atoms with van der Waals surface area (Å²) in [6.07, 6.45) is 0. The predicted molar refractivity (Wildman–Crippen MR) is 87.8 cm³/mol. The Morgan fingerprint density at radius 3 is 2.48 bits per heavy atom. The first-order valence-electron chi connectivity index (χ1n) is 6.72. The molecule has 0 bridgehead atoms. The van der Waals surface area contributed by atoms with Crippen molar-refractivity contribution >= 4 is 27.0 Å². The van der Waals surface area contributed by atoms with Gasteiger partial charge in [0.25, 0.3) is 0 Å². The molecule has 2 rings (SSSR count). The Balaban J connectivity index is 2.35. The van der Waals surface area contributed by atoms with Gasteiger partial charge < -0.3 is 5.73 Å². The lowest BCUT2D eigenvalue weighted by atomic mass is 10.0. The van der Waals surface area contributed by atoms with Gasteiger partial charge in [-0.15, -0.1) is 11.3 Å². The Bertz CT molecular complexity index is 687. The van der Waals surface area contributed by atoms with Gasteiger partial charge in [-0.2, -0.15) is 0 Å². The number of benzene rings is 1. The second kappa shape index (κ2) is 6.17. The van der Waals surface area contributed by atoms with Gasteiger partial charge in [0.2, 0.25) is 10.0 Å². The van der Waals surface area contributed by atoms with E-state index in [0.717, 1.165) is 10.4 Å². The third kappa shape index (κ3) is 3.84. The van der Waals surface area contributed by atoms with Crippen molar-refractivity contribution in [1.29, 1.82) is 0 Å². The van der Waals surface area contributed by atoms with Gasteiger partial charge in [-0.25, -0.2) is 13.1 Å². The van der Waals surface area contributed by atoms with Crippen molar-refractivity contribution < 1.29 is 8.42 Å². The molecule has 0 aliphatic carbocycles. The fourth-order valence-electron chi connectivity index (χ4n) is 2.16. The van der Waals surface area contributed by atoms with Gasteiger partial charge in [0.05, 0.1) is 10.9 Å². The molecule has 6 heteroatoms. The Labute approximate surface area is 130 Å². The number of sulfonamides is 1. The number of nitrogens with two attached hydrogens (primary N) is 1. The SMILES string of the molecule is Cc1cc(N)cc(S(=O)(=O)NC(c2cccs2)C(C)C)c1. The van der Waals surface area contributed by atoms with Crippen LogP contribution in [-0.2, 0) is 10.0 Å². The van der Waals surface area contributed by atoms with E-state index in [0.29, 0.717) is 5.69 Å². The van der Waals surface area contributed by atoms with E-state index < -0.39 is 10.0 Å². The van der Waals surface area contributed by atoms with E-state index in [1.54, 1.807) is 23.5 Å². The molecule has 0 fully saturated rings. The van der Waals surface area contributed by atoms with Crippen LogP contribution in [0.3, 0.4) is 0 Å². The van der Waals surface area contributed by atoms with E-state index in [-0.39, 0.29) is 16.9 Å². The number of rotatable bonds is 5. The van der Waals surface area contributed by atoms with Crippen molar-refractivity contribution in [3.05, 3.63) is 46.2 Å². The summed E-state index contributed by atoms with van der Waals surface area (Å²) in [4.78, 5) is 1.22. The number of hydrogen-bond acceptors (Lipinski definition) is 4. The van der Waals surface area contributed by atoms with Crippen molar-refractivity contribution in [3.63, 3.8) is 0 Å². The van der Waals surface area contributed by atoms with Crippen LogP contribution in [0.1, 0.15) is 30.3 Å². The van der Waals surface area contributed by atoms with E-state index in [1.807, 2.05) is 38.3 Å². The maximum absolute atomic E-state index is 12.6. The standard InChI is InChI=1S/C15H20N2O2S2/c1-10(2)15(14-5-4-6-20-14)17-21(18,19)13-8-11(3)7-12(16)9-13/h4-10,15,17H,16H2,1-3H3. The number of aryl methyl sites for hydroxylation is 1. The van der Waals surface area contributed by atoms with Gasteiger partial charge in [0.1, 0.15) is 0 Å². The molecule has 2 aromatic rings. The highest BCUT2D eigenvalue weighted by molar-refractivity contribution is 7.89. The minimum atomic E-state index is -3.60. The molecule has 0 aliphatic rings. The molecule has 1 atom stereocenters. The molecule has 0 amide bonds. The molecule has 1 unspecified atom stereocenters. The summed E-state index contributed by atoms with van der Waals surface area (Å²) >= 11 is 1.55. The molecular weight excluding hydrogens is 304 g/mol. The first-order valence-corrected chi connectivity index (χ1v) is 9.09. The molecule has 0 saturated heterocycles. The summed E-state index contributed by atoms with van der Waals surface area (Å²) in [6.45, 7) is 5.82. The largest absolute Gasteiger partial charge is 0.399 e. The van der Waals surface area contributed by atoms with Gasteiger partial charge in [0, 0.05) is 10.6 Å². The number of thiophene rings is 1.